The van der Waals surface area contributed by atoms with Gasteiger partial charge in [0.05, 0.1) is 5.60 Å². The smallest absolute Gasteiger partial charge is 0.383 e. The molecule has 0 aromatic heterocycles. The molecule has 0 amide bonds. The second-order valence-electron chi connectivity index (χ2n) is 4.98. The molecule has 1 heterocycles. The van der Waals surface area contributed by atoms with Crippen LogP contribution in [0.3, 0.4) is 0 Å². The summed E-state index contributed by atoms with van der Waals surface area (Å²) >= 11 is 0. The molecule has 0 aromatic rings. The van der Waals surface area contributed by atoms with Crippen LogP contribution in [0.2, 0.25) is 0 Å². The largest absolute Gasteiger partial charge is 0.414 e. The van der Waals surface area contributed by atoms with Gasteiger partial charge >= 0.3 is 6.18 Å². The number of aliphatic hydroxyl groups excluding tert-OH is 1. The van der Waals surface area contributed by atoms with Crippen LogP contribution in [0.5, 0.6) is 0 Å². The topological polar surface area (TPSA) is 29.5 Å². The molecule has 1 spiro atoms. The van der Waals surface area contributed by atoms with Gasteiger partial charge in [-0.2, -0.15) is 13.2 Å². The molecule has 94 valence electrons. The number of alkyl halides is 3. The maximum atomic E-state index is 12.4. The highest BCUT2D eigenvalue weighted by Gasteiger charge is 2.49. The lowest BCUT2D eigenvalue weighted by atomic mass is 9.81. The van der Waals surface area contributed by atoms with Crippen molar-refractivity contribution in [2.24, 2.45) is 5.92 Å². The first kappa shape index (κ1) is 12.2. The molecule has 1 saturated heterocycles. The Hall–Kier alpha value is -0.290. The molecule has 1 aliphatic carbocycles. The van der Waals surface area contributed by atoms with Gasteiger partial charge in [0, 0.05) is 6.61 Å². The molecule has 2 atom stereocenters. The lowest BCUT2D eigenvalue weighted by molar-refractivity contribution is -0.235. The molecule has 0 bridgehead atoms. The van der Waals surface area contributed by atoms with Gasteiger partial charge in [0.1, 0.15) is 0 Å². The normalized spacial score (nSPS) is 31.9. The second kappa shape index (κ2) is 4.18. The Labute approximate surface area is 92.8 Å². The van der Waals surface area contributed by atoms with Crippen molar-refractivity contribution < 1.29 is 23.0 Å². The maximum absolute atomic E-state index is 12.4. The molecule has 2 fully saturated rings. The molecule has 0 radical (unpaired) electrons. The predicted molar refractivity (Wildman–Crippen MR) is 51.9 cm³/mol. The average Bonchev–Trinajstić information content (AvgIpc) is 2.64. The summed E-state index contributed by atoms with van der Waals surface area (Å²) in [4.78, 5) is 0. The molecular weight excluding hydrogens is 221 g/mol. The first-order valence-corrected chi connectivity index (χ1v) is 5.82. The van der Waals surface area contributed by atoms with Gasteiger partial charge in [-0.1, -0.05) is 12.8 Å². The van der Waals surface area contributed by atoms with Crippen molar-refractivity contribution in [3.63, 3.8) is 0 Å². The summed E-state index contributed by atoms with van der Waals surface area (Å²) in [6.07, 6.45) is -2.29. The zero-order valence-corrected chi connectivity index (χ0v) is 9.09. The van der Waals surface area contributed by atoms with E-state index in [0.717, 1.165) is 25.7 Å². The van der Waals surface area contributed by atoms with E-state index in [1.807, 2.05) is 0 Å². The second-order valence-corrected chi connectivity index (χ2v) is 4.98. The molecule has 2 rings (SSSR count). The van der Waals surface area contributed by atoms with Crippen molar-refractivity contribution in [1.82, 2.24) is 0 Å². The van der Waals surface area contributed by atoms with Crippen molar-refractivity contribution in [2.75, 3.05) is 6.61 Å². The Morgan fingerprint density at radius 3 is 2.44 bits per heavy atom. The minimum atomic E-state index is -4.50. The number of ether oxygens (including phenoxy) is 1. The van der Waals surface area contributed by atoms with Crippen LogP contribution in [0.25, 0.3) is 0 Å². The van der Waals surface area contributed by atoms with E-state index < -0.39 is 18.2 Å². The van der Waals surface area contributed by atoms with Gasteiger partial charge in [-0.3, -0.25) is 0 Å². The van der Waals surface area contributed by atoms with Gasteiger partial charge in [-0.25, -0.2) is 0 Å². The van der Waals surface area contributed by atoms with Crippen LogP contribution in [0.1, 0.15) is 38.5 Å². The molecule has 2 unspecified atom stereocenters. The van der Waals surface area contributed by atoms with E-state index in [1.165, 1.54) is 0 Å². The van der Waals surface area contributed by atoms with E-state index in [1.54, 1.807) is 0 Å². The zero-order valence-electron chi connectivity index (χ0n) is 9.09. The highest BCUT2D eigenvalue weighted by molar-refractivity contribution is 4.93. The summed E-state index contributed by atoms with van der Waals surface area (Å²) in [5, 5.41) is 9.27. The predicted octanol–water partition coefficient (Wildman–Crippen LogP) is 2.65. The van der Waals surface area contributed by atoms with Crippen LogP contribution in [0.4, 0.5) is 13.2 Å². The molecule has 1 N–H and O–H groups in total. The highest BCUT2D eigenvalue weighted by Crippen LogP contribution is 2.44. The standard InChI is InChI=1S/C11H17F3O2/c12-11(13,14)9(15)8-3-6-16-10(7-8)4-1-2-5-10/h8-9,15H,1-7H2. The number of hydrogen-bond acceptors (Lipinski definition) is 2. The van der Waals surface area contributed by atoms with E-state index in [9.17, 15) is 18.3 Å². The third kappa shape index (κ3) is 2.35. The Bertz CT molecular complexity index is 246. The molecular formula is C11H17F3O2. The van der Waals surface area contributed by atoms with Crippen LogP contribution in [0.15, 0.2) is 0 Å². The van der Waals surface area contributed by atoms with Crippen LogP contribution in [-0.2, 0) is 4.74 Å². The summed E-state index contributed by atoms with van der Waals surface area (Å²) in [6, 6.07) is 0. The quantitative estimate of drug-likeness (QED) is 0.761. The zero-order chi connectivity index (χ0) is 11.8. The highest BCUT2D eigenvalue weighted by atomic mass is 19.4. The number of aliphatic hydroxyl groups is 1. The van der Waals surface area contributed by atoms with Crippen molar-refractivity contribution in [3.8, 4) is 0 Å². The van der Waals surface area contributed by atoms with E-state index in [-0.39, 0.29) is 5.60 Å². The Morgan fingerprint density at radius 1 is 1.25 bits per heavy atom. The number of hydrogen-bond donors (Lipinski definition) is 1. The Morgan fingerprint density at radius 2 is 1.88 bits per heavy atom. The molecule has 5 heteroatoms. The van der Waals surface area contributed by atoms with Crippen LogP contribution >= 0.6 is 0 Å². The van der Waals surface area contributed by atoms with Gasteiger partial charge in [0.15, 0.2) is 6.10 Å². The SMILES string of the molecule is OC(C1CCOC2(CCCC2)C1)C(F)(F)F. The molecule has 2 nitrogen and oxygen atoms in total. The van der Waals surface area contributed by atoms with Crippen LogP contribution in [-0.4, -0.2) is 29.6 Å². The molecule has 2 aliphatic rings. The lowest BCUT2D eigenvalue weighted by Gasteiger charge is -2.40. The van der Waals surface area contributed by atoms with E-state index in [2.05, 4.69) is 0 Å². The van der Waals surface area contributed by atoms with Gasteiger partial charge in [0.25, 0.3) is 0 Å². The molecule has 0 aromatic carbocycles. The van der Waals surface area contributed by atoms with E-state index >= 15 is 0 Å². The fourth-order valence-corrected chi connectivity index (χ4v) is 2.97. The van der Waals surface area contributed by atoms with Crippen molar-refractivity contribution in [3.05, 3.63) is 0 Å². The fourth-order valence-electron chi connectivity index (χ4n) is 2.97. The molecule has 16 heavy (non-hydrogen) atoms. The van der Waals surface area contributed by atoms with E-state index in [0.29, 0.717) is 19.4 Å². The Kier molecular flexibility index (Phi) is 3.18. The summed E-state index contributed by atoms with van der Waals surface area (Å²) in [7, 11) is 0. The van der Waals surface area contributed by atoms with E-state index in [4.69, 9.17) is 4.74 Å². The van der Waals surface area contributed by atoms with Crippen LogP contribution < -0.4 is 0 Å². The number of halogens is 3. The molecule has 1 aliphatic heterocycles. The minimum absolute atomic E-state index is 0.308. The summed E-state index contributed by atoms with van der Waals surface area (Å²) in [6.45, 7) is 0.345. The molecule has 1 saturated carbocycles. The van der Waals surface area contributed by atoms with Gasteiger partial charge in [-0.15, -0.1) is 0 Å². The monoisotopic (exact) mass is 238 g/mol. The third-order valence-corrected chi connectivity index (χ3v) is 3.83. The number of rotatable bonds is 1. The first-order chi connectivity index (χ1) is 7.43. The average molecular weight is 238 g/mol. The fraction of sp³-hybridized carbons (Fsp3) is 1.00. The van der Waals surface area contributed by atoms with Crippen LogP contribution in [0, 0.1) is 5.92 Å². The van der Waals surface area contributed by atoms with Crippen molar-refractivity contribution in [1.29, 1.82) is 0 Å². The van der Waals surface area contributed by atoms with Gasteiger partial charge in [-0.05, 0) is 31.6 Å². The first-order valence-electron chi connectivity index (χ1n) is 5.82. The van der Waals surface area contributed by atoms with Crippen molar-refractivity contribution >= 4 is 0 Å². The summed E-state index contributed by atoms with van der Waals surface area (Å²) < 4.78 is 42.9. The van der Waals surface area contributed by atoms with Crippen molar-refractivity contribution in [2.45, 2.75) is 56.4 Å². The summed E-state index contributed by atoms with van der Waals surface area (Å²) in [5.74, 6) is -0.688. The minimum Gasteiger partial charge on any atom is -0.383 e. The lowest BCUT2D eigenvalue weighted by Crippen LogP contribution is -2.45. The van der Waals surface area contributed by atoms with Gasteiger partial charge in [0.2, 0.25) is 0 Å². The Balaban J connectivity index is 2.01. The maximum Gasteiger partial charge on any atom is 0.414 e. The third-order valence-electron chi connectivity index (χ3n) is 3.83. The summed E-state index contributed by atoms with van der Waals surface area (Å²) in [5.41, 5.74) is -0.366. The van der Waals surface area contributed by atoms with Gasteiger partial charge < -0.3 is 9.84 Å².